The number of nitrogens with zero attached hydrogens (tertiary/aromatic N) is 2. The molecule has 0 unspecified atom stereocenters. The van der Waals surface area contributed by atoms with Crippen LogP contribution < -0.4 is 0 Å². The molecule has 0 aliphatic rings. The molecule has 0 bridgehead atoms. The van der Waals surface area contributed by atoms with Crippen LogP contribution in [0.4, 0.5) is 0 Å². The zero-order valence-corrected chi connectivity index (χ0v) is 12.7. The van der Waals surface area contributed by atoms with Crippen LogP contribution in [0.1, 0.15) is 5.56 Å². The molecule has 23 heavy (non-hydrogen) atoms. The first-order valence-corrected chi connectivity index (χ1v) is 7.84. The summed E-state index contributed by atoms with van der Waals surface area (Å²) in [5, 5.41) is 20.7. The summed E-state index contributed by atoms with van der Waals surface area (Å²) in [6, 6.07) is 16.4. The highest BCUT2D eigenvalue weighted by Crippen LogP contribution is 2.30. The highest BCUT2D eigenvalue weighted by atomic mass is 16.3. The maximum atomic E-state index is 9.42. The van der Waals surface area contributed by atoms with Crippen molar-refractivity contribution < 1.29 is 10.2 Å². The maximum absolute atomic E-state index is 9.42. The van der Waals surface area contributed by atoms with E-state index in [1.165, 1.54) is 0 Å². The Morgan fingerprint density at radius 2 is 1.78 bits per heavy atom. The summed E-state index contributed by atoms with van der Waals surface area (Å²) in [6.07, 6.45) is 0.646. The number of hydrogen-bond donors (Lipinski definition) is 2. The normalized spacial score (nSPS) is 11.7. The molecule has 2 aromatic heterocycles. The van der Waals surface area contributed by atoms with E-state index < -0.39 is 0 Å². The van der Waals surface area contributed by atoms with Crippen molar-refractivity contribution in [2.24, 2.45) is 0 Å². The second-order valence-corrected chi connectivity index (χ2v) is 5.75. The van der Waals surface area contributed by atoms with Gasteiger partial charge in [-0.1, -0.05) is 24.3 Å². The van der Waals surface area contributed by atoms with E-state index in [-0.39, 0.29) is 13.2 Å². The zero-order valence-electron chi connectivity index (χ0n) is 12.7. The number of benzene rings is 2. The quantitative estimate of drug-likeness (QED) is 0.609. The van der Waals surface area contributed by atoms with Gasteiger partial charge >= 0.3 is 0 Å². The maximum Gasteiger partial charge on any atom is 0.0967 e. The molecule has 2 aromatic carbocycles. The van der Waals surface area contributed by atoms with Gasteiger partial charge in [0, 0.05) is 23.9 Å². The predicted molar refractivity (Wildman–Crippen MR) is 92.6 cm³/mol. The zero-order chi connectivity index (χ0) is 15.8. The smallest absolute Gasteiger partial charge is 0.0967 e. The molecule has 0 aliphatic heterocycles. The van der Waals surface area contributed by atoms with E-state index in [4.69, 9.17) is 10.1 Å². The Morgan fingerprint density at radius 1 is 0.913 bits per heavy atom. The highest BCUT2D eigenvalue weighted by Gasteiger charge is 2.12. The summed E-state index contributed by atoms with van der Waals surface area (Å²) in [7, 11) is 0. The van der Waals surface area contributed by atoms with Crippen molar-refractivity contribution in [3.8, 4) is 0 Å². The molecule has 0 spiro atoms. The van der Waals surface area contributed by atoms with Gasteiger partial charge in [0.25, 0.3) is 0 Å². The molecule has 4 rings (SSSR count). The Balaban J connectivity index is 2.07. The van der Waals surface area contributed by atoms with Gasteiger partial charge in [-0.25, -0.2) is 4.98 Å². The lowest BCUT2D eigenvalue weighted by molar-refractivity contribution is 0.280. The van der Waals surface area contributed by atoms with E-state index >= 15 is 0 Å². The van der Waals surface area contributed by atoms with Crippen molar-refractivity contribution in [3.63, 3.8) is 0 Å². The topological polar surface area (TPSA) is 58.3 Å². The predicted octanol–water partition coefficient (Wildman–Crippen LogP) is 2.87. The van der Waals surface area contributed by atoms with E-state index in [1.807, 2.05) is 24.3 Å². The van der Waals surface area contributed by atoms with Gasteiger partial charge in [-0.2, -0.15) is 0 Å². The average molecular weight is 306 g/mol. The van der Waals surface area contributed by atoms with Crippen LogP contribution in [-0.2, 0) is 13.0 Å². The molecule has 2 N–H and O–H groups in total. The monoisotopic (exact) mass is 306 g/mol. The molecule has 4 aromatic rings. The lowest BCUT2D eigenvalue weighted by Crippen LogP contribution is -2.01. The number of para-hydroxylation sites is 1. The minimum atomic E-state index is 0.0936. The van der Waals surface area contributed by atoms with Crippen molar-refractivity contribution in [2.75, 3.05) is 13.2 Å². The van der Waals surface area contributed by atoms with Crippen LogP contribution in [0.3, 0.4) is 0 Å². The molecule has 0 saturated carbocycles. The van der Waals surface area contributed by atoms with Crippen LogP contribution in [0.15, 0.2) is 48.5 Å². The molecular weight excluding hydrogens is 288 g/mol. The number of hydrogen-bond acceptors (Lipinski definition) is 3. The first-order chi connectivity index (χ1) is 11.3. The molecule has 4 heteroatoms. The Kier molecular flexibility index (Phi) is 3.48. The third kappa shape index (κ3) is 2.27. The minimum Gasteiger partial charge on any atom is -0.396 e. The highest BCUT2D eigenvalue weighted by molar-refractivity contribution is 6.08. The fraction of sp³-hybridized carbons (Fsp3) is 0.211. The minimum absolute atomic E-state index is 0.0936. The lowest BCUT2D eigenvalue weighted by atomic mass is 10.1. The molecular formula is C19H18N2O2. The summed E-state index contributed by atoms with van der Waals surface area (Å²) < 4.78 is 2.12. The van der Waals surface area contributed by atoms with Crippen molar-refractivity contribution in [3.05, 3.63) is 54.1 Å². The van der Waals surface area contributed by atoms with Gasteiger partial charge in [0.2, 0.25) is 0 Å². The summed E-state index contributed by atoms with van der Waals surface area (Å²) in [4.78, 5) is 4.85. The fourth-order valence-corrected chi connectivity index (χ4v) is 3.28. The molecule has 0 amide bonds. The molecule has 2 heterocycles. The van der Waals surface area contributed by atoms with Gasteiger partial charge in [-0.15, -0.1) is 0 Å². The van der Waals surface area contributed by atoms with Crippen molar-refractivity contribution >= 4 is 32.8 Å². The first-order valence-electron chi connectivity index (χ1n) is 7.84. The molecule has 116 valence electrons. The molecule has 0 fully saturated rings. The van der Waals surface area contributed by atoms with E-state index in [2.05, 4.69) is 28.8 Å². The summed E-state index contributed by atoms with van der Waals surface area (Å²) in [6.45, 7) is 0.788. The third-order valence-electron chi connectivity index (χ3n) is 4.32. The number of aliphatic hydroxyl groups is 2. The van der Waals surface area contributed by atoms with Crippen LogP contribution in [-0.4, -0.2) is 33.0 Å². The van der Waals surface area contributed by atoms with E-state index in [9.17, 15) is 5.11 Å². The number of pyridine rings is 1. The van der Waals surface area contributed by atoms with Crippen molar-refractivity contribution in [1.29, 1.82) is 0 Å². The van der Waals surface area contributed by atoms with Gasteiger partial charge in [-0.3, -0.25) is 0 Å². The standard InChI is InChI=1S/C19H18N2O2/c22-9-7-13-5-6-16-14(11-13)12-18-19(20-16)15-3-1-2-4-17(15)21(18)8-10-23/h1-6,11-12,22-23H,7-10H2. The largest absolute Gasteiger partial charge is 0.396 e. The van der Waals surface area contributed by atoms with E-state index in [1.54, 1.807) is 0 Å². The Bertz CT molecular complexity index is 1000. The van der Waals surface area contributed by atoms with E-state index in [0.29, 0.717) is 13.0 Å². The van der Waals surface area contributed by atoms with Crippen LogP contribution in [0.5, 0.6) is 0 Å². The summed E-state index contributed by atoms with van der Waals surface area (Å²) >= 11 is 0. The molecule has 0 saturated heterocycles. The number of fused-ring (bicyclic) bond motifs is 4. The molecule has 4 nitrogen and oxygen atoms in total. The van der Waals surface area contributed by atoms with Gasteiger partial charge in [0.05, 0.1) is 28.7 Å². The van der Waals surface area contributed by atoms with Gasteiger partial charge in [-0.05, 0) is 36.2 Å². The van der Waals surface area contributed by atoms with Crippen LogP contribution in [0.25, 0.3) is 32.8 Å². The van der Waals surface area contributed by atoms with Gasteiger partial charge in [0.1, 0.15) is 0 Å². The van der Waals surface area contributed by atoms with Crippen LogP contribution in [0, 0.1) is 0 Å². The van der Waals surface area contributed by atoms with Crippen molar-refractivity contribution in [2.45, 2.75) is 13.0 Å². The third-order valence-corrected chi connectivity index (χ3v) is 4.32. The summed E-state index contributed by atoms with van der Waals surface area (Å²) in [5.41, 5.74) is 5.15. The Hall–Kier alpha value is -2.43. The van der Waals surface area contributed by atoms with E-state index in [0.717, 1.165) is 38.4 Å². The van der Waals surface area contributed by atoms with Crippen LogP contribution in [0.2, 0.25) is 0 Å². The average Bonchev–Trinajstić information content (AvgIpc) is 2.87. The number of aromatic nitrogens is 2. The number of aliphatic hydroxyl groups excluding tert-OH is 2. The molecule has 0 atom stereocenters. The Labute approximate surface area is 133 Å². The second-order valence-electron chi connectivity index (χ2n) is 5.75. The molecule has 0 radical (unpaired) electrons. The van der Waals surface area contributed by atoms with Gasteiger partial charge in [0.15, 0.2) is 0 Å². The summed E-state index contributed by atoms with van der Waals surface area (Å²) in [5.74, 6) is 0. The lowest BCUT2D eigenvalue weighted by Gasteiger charge is -2.06. The Morgan fingerprint density at radius 3 is 2.61 bits per heavy atom. The SMILES string of the molecule is OCCc1ccc2nc3c4ccccc4n(CCO)c3cc2c1. The van der Waals surface area contributed by atoms with Gasteiger partial charge < -0.3 is 14.8 Å². The molecule has 0 aliphatic carbocycles. The fourth-order valence-electron chi connectivity index (χ4n) is 3.28. The number of rotatable bonds is 4. The first kappa shape index (κ1) is 14.2. The van der Waals surface area contributed by atoms with Crippen LogP contribution >= 0.6 is 0 Å². The van der Waals surface area contributed by atoms with Crippen molar-refractivity contribution in [1.82, 2.24) is 9.55 Å². The second kappa shape index (κ2) is 5.65.